The van der Waals surface area contributed by atoms with Crippen LogP contribution in [0.25, 0.3) is 33.4 Å². The predicted octanol–water partition coefficient (Wildman–Crippen LogP) is 22.3. The summed E-state index contributed by atoms with van der Waals surface area (Å²) in [6, 6.07) is 5.20. The van der Waals surface area contributed by atoms with E-state index in [1.54, 1.807) is 45.5 Å². The molecule has 18 nitrogen and oxygen atoms in total. The maximum Gasteiger partial charge on any atom is 0.416 e. The average molecular weight is 2060 g/mol. The van der Waals surface area contributed by atoms with Gasteiger partial charge in [-0.2, -0.15) is 54.5 Å². The summed E-state index contributed by atoms with van der Waals surface area (Å²) >= 11 is 2.73. The number of carbonyl (C=O) groups is 3. The molecule has 0 fully saturated rings. The van der Waals surface area contributed by atoms with Crippen molar-refractivity contribution in [3.05, 3.63) is 349 Å². The number of aromatic nitrogens is 6. The second-order valence-electron chi connectivity index (χ2n) is 32.1. The van der Waals surface area contributed by atoms with E-state index in [9.17, 15) is 81.5 Å². The number of fused-ring (bicyclic) bond motifs is 3. The molecule has 143 heavy (non-hydrogen) atoms. The molecule has 15 rings (SSSR count). The van der Waals surface area contributed by atoms with Crippen LogP contribution in [0.3, 0.4) is 0 Å². The fourth-order valence-electron chi connectivity index (χ4n) is 15.3. The number of likely N-dealkylation sites (N-methyl/N-ethyl adjacent to an activating group) is 3. The van der Waals surface area contributed by atoms with Crippen LogP contribution in [0.15, 0.2) is 236 Å². The van der Waals surface area contributed by atoms with Gasteiger partial charge in [0.2, 0.25) is 17.7 Å². The summed E-state index contributed by atoms with van der Waals surface area (Å²) in [5.41, 5.74) is -9.07. The molecule has 0 saturated heterocycles. The first-order chi connectivity index (χ1) is 82.3. The van der Waals surface area contributed by atoms with Crippen LogP contribution < -0.4 is 16.7 Å². The molecule has 0 atom stereocenters. The Balaban J connectivity index is 0.000000219. The van der Waals surface area contributed by atoms with Crippen molar-refractivity contribution in [2.45, 2.75) is 204 Å². The second kappa shape index (κ2) is 50.1. The van der Waals surface area contributed by atoms with Gasteiger partial charge in [0, 0.05) is 135 Å². The van der Waals surface area contributed by atoms with Crippen LogP contribution in [-0.4, -0.2) is 154 Å². The van der Waals surface area contributed by atoms with Crippen LogP contribution >= 0.6 is 35.3 Å². The molecule has 3 aliphatic rings. The number of nitrogens with zero attached hydrogens (tertiary/aromatic N) is 12. The van der Waals surface area contributed by atoms with Crippen LogP contribution in [0.4, 0.5) is 52.7 Å². The number of halogens is 12. The second-order valence-corrected chi connectivity index (χ2v) is 35.0. The van der Waals surface area contributed by atoms with E-state index in [0.717, 1.165) is 113 Å². The molecule has 3 heterocycles. The zero-order valence-corrected chi connectivity index (χ0v) is 80.6. The van der Waals surface area contributed by atoms with E-state index in [2.05, 4.69) is 15.0 Å². The van der Waals surface area contributed by atoms with Gasteiger partial charge in [0.1, 0.15) is 37.1 Å². The minimum absolute atomic E-state index is 0.0176. The number of alkyl halides is 9. The molecule has 3 aliphatic carbocycles. The average Bonchev–Trinajstić information content (AvgIpc) is 1.52. The Morgan fingerprint density at radius 3 is 1.06 bits per heavy atom. The summed E-state index contributed by atoms with van der Waals surface area (Å²) in [5, 5.41) is -0.208. The van der Waals surface area contributed by atoms with E-state index in [1.807, 2.05) is 0 Å². The first-order valence-electron chi connectivity index (χ1n) is 62.3. The first-order valence-corrected chi connectivity index (χ1v) is 47.3. The number of hydrogen-bond donors (Lipinski definition) is 0. The number of benzene rings is 9. The van der Waals surface area contributed by atoms with Crippen molar-refractivity contribution in [1.82, 2.24) is 58.1 Å². The number of rotatable bonds is 39. The lowest BCUT2D eigenvalue weighted by Gasteiger charge is -2.28. The molecule has 12 aromatic rings. The Hall–Kier alpha value is -11.9. The lowest BCUT2D eigenvalue weighted by Crippen LogP contribution is -2.40. The van der Waals surface area contributed by atoms with Crippen molar-refractivity contribution in [2.75, 3.05) is 78.2 Å². The number of amides is 3. The first kappa shape index (κ1) is 69.2. The molecule has 0 radical (unpaired) electrons. The van der Waals surface area contributed by atoms with Gasteiger partial charge in [-0.05, 0) is 249 Å². The topological polar surface area (TPSA) is 175 Å². The molecule has 0 unspecified atom stereocenters. The summed E-state index contributed by atoms with van der Waals surface area (Å²) in [7, 11) is 0. The van der Waals surface area contributed by atoms with E-state index in [0.29, 0.717) is 106 Å². The molecule has 0 saturated carbocycles. The normalized spacial score (nSPS) is 18.1. The summed E-state index contributed by atoms with van der Waals surface area (Å²) < 4.78 is 471. The van der Waals surface area contributed by atoms with Crippen LogP contribution in [0.5, 0.6) is 0 Å². The molecule has 33 heteroatoms. The van der Waals surface area contributed by atoms with Gasteiger partial charge in [-0.3, -0.25) is 28.8 Å². The van der Waals surface area contributed by atoms with E-state index in [1.165, 1.54) is 55.1 Å². The standard InChI is InChI=1S/2C37H40F4N4O2S.C36H38F4N4O2S/c2*1-4-43(5-2)19-20-44(22-26-9-13-28(14-10-26)29-15-18-32(25(3)21-29)37(39,40)41)34(46)23-45-33-8-6-7-31(33)35(47)42-36(45)48-24-27-11-16-30(38)17-12-27;1-3-42(4-2)20-21-43(22-25-8-12-27(13-9-25)28-14-16-29(17-15-28)36(38,39)40)33(45)23-44-32-7-5-6-31(32)34(46)41-35(44)47-24-26-10-18-30(37)19-11-26/h2*9-18,21H,4-8,19-20,22-24H2,1-3H3;8-19H,3-7,20-24H2,1-2H3/i4D2,5D2,6D2,7D2,8D2,9D,10D,13D,14D,15D,18D,21D;4D2,5D2,9D,10D,13D,14D,15D,18D,21D;3D2,4D2,10D,11D,18D,19D. The fraction of sp³-hybridized carbons (Fsp3) is 0.373. The minimum atomic E-state index is -5.17. The van der Waals surface area contributed by atoms with Crippen molar-refractivity contribution in [1.29, 1.82) is 0 Å². The van der Waals surface area contributed by atoms with Crippen molar-refractivity contribution >= 4 is 53.0 Å². The highest BCUT2D eigenvalue weighted by atomic mass is 32.2. The Kier molecular flexibility index (Phi) is 24.2. The molecular formula is C110H118F12N12O6S3. The highest BCUT2D eigenvalue weighted by Gasteiger charge is 2.36. The number of hydrogen-bond acceptors (Lipinski definition) is 15. The smallest absolute Gasteiger partial charge is 0.336 e. The number of carbonyl (C=O) groups excluding carboxylic acids is 3. The molecule has 0 N–H and O–H groups in total. The lowest BCUT2D eigenvalue weighted by molar-refractivity contribution is -0.138. The van der Waals surface area contributed by atoms with Gasteiger partial charge in [0.05, 0.1) is 41.4 Å². The SMILES string of the molecule is [2H]c1c([2H])c(-c2c([2H])c([2H])c(C(F)(F)F)c(C)c2[2H])c([2H])c([2H])c1CN(CCN(C([2H])([2H])C)C([2H])([2H])C)C(=O)Cn1c(SCc2ccc(F)cc2)nc(=O)c2c1C([2H])([2H])C([2H])([2H])C2([2H])[2H].[2H]c1c([2H])c(-c2c([2H])c([2H])c(C(F)(F)F)c(C)c2[2H])c([2H])c([2H])c1CN(CCN(C([2H])([2H])C)C([2H])([2H])C)C(=O)Cn1c(SCc2ccc(F)cc2)nc(=O)c2c1CCC2.[2H]c1c([2H])c(CSc2nc(=O)c3c(n2CC(=O)N(CCN(C([2H])([2H])C)C([2H])([2H])C)Cc2ccc(-c4ccc(C(F)(F)F)cc4)cc2)CCC3)c([2H])c([2H])c1F. The molecule has 3 amide bonds. The largest absolute Gasteiger partial charge is 0.416 e. The third-order valence-corrected chi connectivity index (χ3v) is 25.9. The van der Waals surface area contributed by atoms with Crippen LogP contribution in [0.2, 0.25) is 0 Å². The lowest BCUT2D eigenvalue weighted by atomic mass is 9.98. The van der Waals surface area contributed by atoms with Gasteiger partial charge >= 0.3 is 18.5 Å². The van der Waals surface area contributed by atoms with E-state index in [4.69, 9.17) is 49.3 Å². The van der Waals surface area contributed by atoms with Crippen LogP contribution in [0.1, 0.15) is 205 Å². The van der Waals surface area contributed by atoms with Gasteiger partial charge in [0.15, 0.2) is 15.5 Å². The molecule has 0 spiro atoms. The fourth-order valence-corrected chi connectivity index (χ4v) is 18.1. The minimum Gasteiger partial charge on any atom is -0.336 e. The number of thioether (sulfide) groups is 3. The maximum atomic E-state index is 14.7. The maximum absolute atomic E-state index is 14.7. The summed E-state index contributed by atoms with van der Waals surface area (Å²) in [6.45, 7) is -11.1. The van der Waals surface area contributed by atoms with E-state index >= 15 is 0 Å². The van der Waals surface area contributed by atoms with Crippen molar-refractivity contribution in [3.8, 4) is 33.4 Å². The highest BCUT2D eigenvalue weighted by molar-refractivity contribution is 7.98. The monoisotopic (exact) mass is 2060 g/mol. The third-order valence-electron chi connectivity index (χ3n) is 22.8. The van der Waals surface area contributed by atoms with Gasteiger partial charge in [-0.1, -0.05) is 222 Å². The molecule has 9 aromatic carbocycles. The van der Waals surface area contributed by atoms with Crippen molar-refractivity contribution < 1.29 is 116 Å². The third kappa shape index (κ3) is 29.3. The van der Waals surface area contributed by atoms with E-state index in [-0.39, 0.29) is 64.9 Å². The molecule has 0 aliphatic heterocycles. The molecule has 3 aromatic heterocycles. The zero-order valence-electron chi connectivity index (χ0n) is 114. The van der Waals surface area contributed by atoms with E-state index < -0.39 is 362 Å². The quantitative estimate of drug-likeness (QED) is 0.0202. The Morgan fingerprint density at radius 1 is 0.364 bits per heavy atom. The van der Waals surface area contributed by atoms with Gasteiger partial charge in [0.25, 0.3) is 16.7 Å². The van der Waals surface area contributed by atoms with Crippen molar-refractivity contribution in [3.63, 3.8) is 0 Å². The Morgan fingerprint density at radius 2 is 0.692 bits per heavy atom. The van der Waals surface area contributed by atoms with Crippen LogP contribution in [0, 0.1) is 31.3 Å². The van der Waals surface area contributed by atoms with Crippen LogP contribution in [-0.2, 0) is 128 Å². The molecule has 0 bridgehead atoms. The summed E-state index contributed by atoms with van der Waals surface area (Å²) in [5.74, 6) is -4.78. The van der Waals surface area contributed by atoms with Crippen molar-refractivity contribution in [2.24, 2.45) is 0 Å². The Bertz CT molecular complexity index is 8470. The molecular weight excluding hydrogens is 1910 g/mol. The molecule has 756 valence electrons. The summed E-state index contributed by atoms with van der Waals surface area (Å²) in [6.07, 6.45) is -21.9. The predicted molar refractivity (Wildman–Crippen MR) is 539 cm³/mol. The van der Waals surface area contributed by atoms with Gasteiger partial charge < -0.3 is 43.1 Å². The zero-order chi connectivity index (χ0) is 134. The van der Waals surface area contributed by atoms with Gasteiger partial charge in [-0.15, -0.1) is 0 Å². The summed E-state index contributed by atoms with van der Waals surface area (Å²) in [4.78, 5) is 101. The Labute approximate surface area is 889 Å². The highest BCUT2D eigenvalue weighted by Crippen LogP contribution is 2.39. The van der Waals surface area contributed by atoms with Gasteiger partial charge in [-0.25, -0.2) is 13.2 Å².